The molecule has 0 saturated carbocycles. The lowest BCUT2D eigenvalue weighted by molar-refractivity contribution is 0.598. The summed E-state index contributed by atoms with van der Waals surface area (Å²) < 4.78 is 22.3. The zero-order chi connectivity index (χ0) is 17.3. The minimum Gasteiger partial charge on any atom is -0.368 e. The Labute approximate surface area is 137 Å². The van der Waals surface area contributed by atoms with E-state index >= 15 is 0 Å². The molecule has 6 nitrogen and oxygen atoms in total. The maximum absolute atomic E-state index is 11.1. The molecule has 0 aliphatic heterocycles. The molecule has 124 valence electrons. The summed E-state index contributed by atoms with van der Waals surface area (Å²) in [5.74, 6) is 0.599. The van der Waals surface area contributed by atoms with Crippen LogP contribution in [0.2, 0.25) is 0 Å². The average molecular weight is 334 g/mol. The van der Waals surface area contributed by atoms with Crippen molar-refractivity contribution in [2.75, 3.05) is 5.32 Å². The van der Waals surface area contributed by atoms with Crippen molar-refractivity contribution in [2.45, 2.75) is 25.3 Å². The molecule has 1 aromatic carbocycles. The number of sulfonamides is 1. The quantitative estimate of drug-likeness (QED) is 0.754. The van der Waals surface area contributed by atoms with Gasteiger partial charge in [0.2, 0.25) is 10.0 Å². The number of pyridine rings is 1. The average Bonchev–Trinajstić information content (AvgIpc) is 2.55. The first-order valence-corrected chi connectivity index (χ1v) is 8.71. The highest BCUT2D eigenvalue weighted by atomic mass is 32.2. The van der Waals surface area contributed by atoms with Crippen molar-refractivity contribution in [1.82, 2.24) is 10.3 Å². The molecule has 0 fully saturated rings. The normalized spacial score (nSPS) is 10.2. The number of nitrogens with two attached hydrogens (primary N) is 1. The molecule has 2 aromatic rings. The first-order chi connectivity index (χ1) is 10.9. The largest absolute Gasteiger partial charge is 0.368 e. The van der Waals surface area contributed by atoms with Gasteiger partial charge in [0.05, 0.1) is 10.7 Å². The first kappa shape index (κ1) is 18.7. The summed E-state index contributed by atoms with van der Waals surface area (Å²) in [7, 11) is -3.67. The standard InChI is InChI=1S/C14H16N4O2S.C2H6/c1-11(17-10-12-3-2-8-16-9-12)18-13-4-6-14(7-5-13)21(15,19)20;1-2/h2-9,17-18H,1,10H2,(H2,15,19,20);1-2H3. The van der Waals surface area contributed by atoms with Gasteiger partial charge in [0, 0.05) is 24.6 Å². The third-order valence-electron chi connectivity index (χ3n) is 2.71. The zero-order valence-corrected chi connectivity index (χ0v) is 14.1. The van der Waals surface area contributed by atoms with Crippen molar-refractivity contribution in [3.05, 3.63) is 66.8 Å². The highest BCUT2D eigenvalue weighted by Gasteiger charge is 2.06. The second kappa shape index (κ2) is 8.92. The van der Waals surface area contributed by atoms with Gasteiger partial charge in [-0.15, -0.1) is 0 Å². The molecule has 0 spiro atoms. The Bertz CT molecular complexity index is 714. The second-order valence-corrected chi connectivity index (χ2v) is 5.95. The molecule has 1 aromatic heterocycles. The van der Waals surface area contributed by atoms with Crippen LogP contribution in [0.15, 0.2) is 66.1 Å². The van der Waals surface area contributed by atoms with Crippen LogP contribution in [0.3, 0.4) is 0 Å². The summed E-state index contributed by atoms with van der Waals surface area (Å²) >= 11 is 0. The molecule has 0 saturated heterocycles. The molecule has 0 aliphatic carbocycles. The van der Waals surface area contributed by atoms with Gasteiger partial charge < -0.3 is 10.6 Å². The van der Waals surface area contributed by atoms with Gasteiger partial charge in [0.15, 0.2) is 0 Å². The number of rotatable bonds is 6. The van der Waals surface area contributed by atoms with Gasteiger partial charge in [-0.3, -0.25) is 4.98 Å². The van der Waals surface area contributed by atoms with Crippen molar-refractivity contribution in [3.8, 4) is 0 Å². The molecule has 0 aliphatic rings. The maximum Gasteiger partial charge on any atom is 0.238 e. The van der Waals surface area contributed by atoms with E-state index in [4.69, 9.17) is 5.14 Å². The van der Waals surface area contributed by atoms with Crippen molar-refractivity contribution in [1.29, 1.82) is 0 Å². The van der Waals surface area contributed by atoms with Gasteiger partial charge in [0.1, 0.15) is 0 Å². The van der Waals surface area contributed by atoms with Crippen molar-refractivity contribution in [2.24, 2.45) is 5.14 Å². The van der Waals surface area contributed by atoms with Gasteiger partial charge in [-0.2, -0.15) is 0 Å². The number of nitrogens with one attached hydrogen (secondary N) is 2. The molecule has 4 N–H and O–H groups in total. The number of primary sulfonamides is 1. The SMILES string of the molecule is C=C(NCc1cccnc1)Nc1ccc(S(N)(=O)=O)cc1.CC. The highest BCUT2D eigenvalue weighted by Crippen LogP contribution is 2.13. The lowest BCUT2D eigenvalue weighted by Crippen LogP contribution is -2.18. The maximum atomic E-state index is 11.1. The molecule has 0 atom stereocenters. The van der Waals surface area contributed by atoms with Crippen LogP contribution < -0.4 is 15.8 Å². The summed E-state index contributed by atoms with van der Waals surface area (Å²) in [5.41, 5.74) is 1.75. The van der Waals surface area contributed by atoms with Crippen LogP contribution in [0.25, 0.3) is 0 Å². The van der Waals surface area contributed by atoms with Gasteiger partial charge in [-0.25, -0.2) is 13.6 Å². The van der Waals surface area contributed by atoms with E-state index in [0.29, 0.717) is 18.1 Å². The Balaban J connectivity index is 0.00000127. The van der Waals surface area contributed by atoms with E-state index in [1.807, 2.05) is 26.0 Å². The number of nitrogens with zero attached hydrogens (tertiary/aromatic N) is 1. The predicted molar refractivity (Wildman–Crippen MR) is 93.0 cm³/mol. The smallest absolute Gasteiger partial charge is 0.238 e. The number of hydrogen-bond donors (Lipinski definition) is 3. The Kier molecular flexibility index (Phi) is 7.24. The highest BCUT2D eigenvalue weighted by molar-refractivity contribution is 7.89. The zero-order valence-electron chi connectivity index (χ0n) is 13.3. The summed E-state index contributed by atoms with van der Waals surface area (Å²) in [5, 5.41) is 11.2. The number of benzene rings is 1. The molecule has 0 unspecified atom stereocenters. The van der Waals surface area contributed by atoms with Crippen LogP contribution in [0.5, 0.6) is 0 Å². The monoisotopic (exact) mass is 334 g/mol. The molecule has 0 bridgehead atoms. The van der Waals surface area contributed by atoms with Crippen LogP contribution in [0.4, 0.5) is 5.69 Å². The van der Waals surface area contributed by atoms with E-state index in [2.05, 4.69) is 22.2 Å². The van der Waals surface area contributed by atoms with Crippen LogP contribution in [-0.2, 0) is 16.6 Å². The van der Waals surface area contributed by atoms with Crippen LogP contribution in [0.1, 0.15) is 19.4 Å². The third-order valence-corrected chi connectivity index (χ3v) is 3.64. The molecular weight excluding hydrogens is 312 g/mol. The molecule has 1 heterocycles. The Morgan fingerprint density at radius 2 is 1.87 bits per heavy atom. The fourth-order valence-electron chi connectivity index (χ4n) is 1.66. The van der Waals surface area contributed by atoms with Crippen LogP contribution in [0, 0.1) is 0 Å². The van der Waals surface area contributed by atoms with E-state index in [1.54, 1.807) is 24.5 Å². The summed E-state index contributed by atoms with van der Waals surface area (Å²) in [6.45, 7) is 8.44. The van der Waals surface area contributed by atoms with Crippen LogP contribution >= 0.6 is 0 Å². The molecular formula is C16H22N4O2S. The van der Waals surface area contributed by atoms with Gasteiger partial charge in [-0.05, 0) is 35.9 Å². The van der Waals surface area contributed by atoms with E-state index < -0.39 is 10.0 Å². The first-order valence-electron chi connectivity index (χ1n) is 7.17. The lowest BCUT2D eigenvalue weighted by Gasteiger charge is -2.12. The lowest BCUT2D eigenvalue weighted by atomic mass is 10.3. The van der Waals surface area contributed by atoms with Crippen molar-refractivity contribution < 1.29 is 8.42 Å². The van der Waals surface area contributed by atoms with Gasteiger partial charge in [0.25, 0.3) is 0 Å². The van der Waals surface area contributed by atoms with E-state index in [1.165, 1.54) is 12.1 Å². The fraction of sp³-hybridized carbons (Fsp3) is 0.188. The molecule has 0 radical (unpaired) electrons. The predicted octanol–water partition coefficient (Wildman–Crippen LogP) is 2.43. The summed E-state index contributed by atoms with van der Waals surface area (Å²) in [6, 6.07) is 9.93. The topological polar surface area (TPSA) is 97.1 Å². The van der Waals surface area contributed by atoms with E-state index in [0.717, 1.165) is 5.56 Å². The molecule has 23 heavy (non-hydrogen) atoms. The van der Waals surface area contributed by atoms with Gasteiger partial charge >= 0.3 is 0 Å². The van der Waals surface area contributed by atoms with Crippen molar-refractivity contribution >= 4 is 15.7 Å². The molecule has 7 heteroatoms. The van der Waals surface area contributed by atoms with Crippen molar-refractivity contribution in [3.63, 3.8) is 0 Å². The van der Waals surface area contributed by atoms with Gasteiger partial charge in [-0.1, -0.05) is 26.5 Å². The van der Waals surface area contributed by atoms with Crippen LogP contribution in [-0.4, -0.2) is 13.4 Å². The number of hydrogen-bond acceptors (Lipinski definition) is 5. The van der Waals surface area contributed by atoms with E-state index in [9.17, 15) is 8.42 Å². The Hall–Kier alpha value is -2.38. The molecule has 2 rings (SSSR count). The third kappa shape index (κ3) is 6.50. The number of anilines is 1. The molecule has 0 amide bonds. The minimum atomic E-state index is -3.67. The number of aromatic nitrogens is 1. The van der Waals surface area contributed by atoms with E-state index in [-0.39, 0.29) is 4.90 Å². The Morgan fingerprint density at radius 3 is 2.39 bits per heavy atom. The Morgan fingerprint density at radius 1 is 1.22 bits per heavy atom. The summed E-state index contributed by atoms with van der Waals surface area (Å²) in [6.07, 6.45) is 3.48. The second-order valence-electron chi connectivity index (χ2n) is 4.39. The fourth-order valence-corrected chi connectivity index (χ4v) is 2.17. The summed E-state index contributed by atoms with van der Waals surface area (Å²) in [4.78, 5) is 4.09. The minimum absolute atomic E-state index is 0.0713.